The van der Waals surface area contributed by atoms with E-state index in [1.54, 1.807) is 18.4 Å². The van der Waals surface area contributed by atoms with Crippen molar-refractivity contribution in [3.05, 3.63) is 72.1 Å². The zero-order chi connectivity index (χ0) is 21.4. The number of hydrogen-bond donors (Lipinski definition) is 2. The van der Waals surface area contributed by atoms with Crippen LogP contribution in [0.3, 0.4) is 0 Å². The lowest BCUT2D eigenvalue weighted by molar-refractivity contribution is -0.116. The lowest BCUT2D eigenvalue weighted by Crippen LogP contribution is -2.24. The van der Waals surface area contributed by atoms with E-state index in [1.807, 2.05) is 44.2 Å². The number of aromatic nitrogens is 1. The van der Waals surface area contributed by atoms with Crippen LogP contribution in [-0.4, -0.2) is 21.8 Å². The minimum atomic E-state index is -0.404. The molecule has 0 unspecified atom stereocenters. The third-order valence-corrected chi connectivity index (χ3v) is 6.29. The summed E-state index contributed by atoms with van der Waals surface area (Å²) in [6, 6.07) is 11.3. The van der Waals surface area contributed by atoms with Gasteiger partial charge in [0.2, 0.25) is 11.8 Å². The summed E-state index contributed by atoms with van der Waals surface area (Å²) < 4.78 is 1.98. The zero-order valence-corrected chi connectivity index (χ0v) is 18.7. The number of carbonyl (C=O) groups excluding carboxylic acids is 1. The van der Waals surface area contributed by atoms with E-state index in [4.69, 9.17) is 0 Å². The van der Waals surface area contributed by atoms with Crippen molar-refractivity contribution in [1.82, 2.24) is 4.57 Å². The van der Waals surface area contributed by atoms with Gasteiger partial charge in [0.15, 0.2) is 0 Å². The molecule has 30 heavy (non-hydrogen) atoms. The quantitative estimate of drug-likeness (QED) is 0.553. The van der Waals surface area contributed by atoms with Crippen LogP contribution < -0.4 is 10.2 Å². The Morgan fingerprint density at radius 3 is 2.80 bits per heavy atom. The van der Waals surface area contributed by atoms with Crippen LogP contribution in [0.1, 0.15) is 21.6 Å². The monoisotopic (exact) mass is 483 g/mol. The fraction of sp³-hybridized carbons (Fsp3) is 0.136. The van der Waals surface area contributed by atoms with Crippen molar-refractivity contribution in [2.24, 2.45) is 4.99 Å². The SMILES string of the molecule is Cc1ccc(NC(=O)Cn2c(O)c(C=C3C=Nc4ccc(Br)cc43)sc2=O)cc1C. The minimum Gasteiger partial charge on any atom is -0.493 e. The van der Waals surface area contributed by atoms with Gasteiger partial charge < -0.3 is 10.4 Å². The Balaban J connectivity index is 1.57. The highest BCUT2D eigenvalue weighted by atomic mass is 79.9. The third kappa shape index (κ3) is 4.01. The molecule has 0 saturated heterocycles. The molecule has 1 amide bonds. The maximum absolute atomic E-state index is 12.4. The van der Waals surface area contributed by atoms with E-state index in [9.17, 15) is 14.7 Å². The molecule has 1 aliphatic rings. The molecular formula is C22H18BrN3O3S. The number of halogens is 1. The molecule has 1 aliphatic heterocycles. The molecule has 0 radical (unpaired) electrons. The second-order valence-electron chi connectivity index (χ2n) is 7.01. The van der Waals surface area contributed by atoms with Gasteiger partial charge in [-0.2, -0.15) is 0 Å². The van der Waals surface area contributed by atoms with Crippen molar-refractivity contribution in [2.75, 3.05) is 5.32 Å². The predicted molar refractivity (Wildman–Crippen MR) is 125 cm³/mol. The summed E-state index contributed by atoms with van der Waals surface area (Å²) in [5.74, 6) is -0.617. The van der Waals surface area contributed by atoms with Crippen LogP contribution >= 0.6 is 27.3 Å². The Labute approximate surface area is 185 Å². The maximum atomic E-state index is 12.4. The second-order valence-corrected chi connectivity index (χ2v) is 8.92. The average molecular weight is 484 g/mol. The van der Waals surface area contributed by atoms with Gasteiger partial charge >= 0.3 is 4.87 Å². The number of nitrogens with zero attached hydrogens (tertiary/aromatic N) is 2. The van der Waals surface area contributed by atoms with Gasteiger partial charge in [0.05, 0.1) is 10.6 Å². The van der Waals surface area contributed by atoms with Crippen LogP contribution in [0.4, 0.5) is 11.4 Å². The van der Waals surface area contributed by atoms with E-state index < -0.39 is 4.87 Å². The Hall–Kier alpha value is -2.97. The van der Waals surface area contributed by atoms with E-state index in [0.29, 0.717) is 10.6 Å². The predicted octanol–water partition coefficient (Wildman–Crippen LogP) is 4.89. The molecule has 8 heteroatoms. The van der Waals surface area contributed by atoms with E-state index >= 15 is 0 Å². The number of allylic oxidation sites excluding steroid dienone is 1. The number of carbonyl (C=O) groups is 1. The van der Waals surface area contributed by atoms with Crippen molar-refractivity contribution in [1.29, 1.82) is 0 Å². The Bertz CT molecular complexity index is 1290. The molecule has 0 saturated carbocycles. The first-order chi connectivity index (χ1) is 14.3. The fourth-order valence-corrected chi connectivity index (χ4v) is 4.33. The van der Waals surface area contributed by atoms with Gasteiger partial charge in [-0.3, -0.25) is 19.1 Å². The van der Waals surface area contributed by atoms with Crippen molar-refractivity contribution >= 4 is 62.4 Å². The number of thiazole rings is 1. The van der Waals surface area contributed by atoms with Crippen LogP contribution in [0.2, 0.25) is 0 Å². The summed E-state index contributed by atoms with van der Waals surface area (Å²) in [6.07, 6.45) is 3.40. The Morgan fingerprint density at radius 2 is 2.03 bits per heavy atom. The van der Waals surface area contributed by atoms with Crippen molar-refractivity contribution in [2.45, 2.75) is 20.4 Å². The standard InChI is InChI=1S/C22H18BrN3O3S/c1-12-3-5-16(7-13(12)2)25-20(27)11-26-21(28)19(30-22(26)29)8-14-10-24-18-6-4-15(23)9-17(14)18/h3-10,28H,11H2,1-2H3,(H,25,27). The number of anilines is 1. The van der Waals surface area contributed by atoms with Crippen molar-refractivity contribution < 1.29 is 9.90 Å². The number of nitrogens with one attached hydrogen (secondary N) is 1. The molecule has 0 atom stereocenters. The number of benzene rings is 2. The van der Waals surface area contributed by atoms with Crippen LogP contribution in [0.5, 0.6) is 5.88 Å². The van der Waals surface area contributed by atoms with Crippen LogP contribution in [0.15, 0.2) is 50.7 Å². The summed E-state index contributed by atoms with van der Waals surface area (Å²) >= 11 is 4.33. The summed E-state index contributed by atoms with van der Waals surface area (Å²) in [5, 5.41) is 13.3. The average Bonchev–Trinajstić information content (AvgIpc) is 3.20. The van der Waals surface area contributed by atoms with Crippen molar-refractivity contribution in [3.8, 4) is 5.88 Å². The first-order valence-corrected chi connectivity index (χ1v) is 10.8. The number of rotatable bonds is 4. The van der Waals surface area contributed by atoms with Gasteiger partial charge in [0.25, 0.3) is 0 Å². The van der Waals surface area contributed by atoms with Gasteiger partial charge in [-0.25, -0.2) is 0 Å². The number of hydrogen-bond acceptors (Lipinski definition) is 5. The molecule has 0 fully saturated rings. The molecule has 2 aromatic carbocycles. The molecule has 4 rings (SSSR count). The highest BCUT2D eigenvalue weighted by molar-refractivity contribution is 9.10. The summed E-state index contributed by atoms with van der Waals surface area (Å²) in [7, 11) is 0. The topological polar surface area (TPSA) is 83.7 Å². The van der Waals surface area contributed by atoms with Crippen LogP contribution in [0.25, 0.3) is 11.6 Å². The summed E-state index contributed by atoms with van der Waals surface area (Å²) in [6.45, 7) is 3.68. The Morgan fingerprint density at radius 1 is 1.23 bits per heavy atom. The van der Waals surface area contributed by atoms with E-state index in [2.05, 4.69) is 26.2 Å². The number of aromatic hydroxyl groups is 1. The number of aryl methyl sites for hydroxylation is 2. The summed E-state index contributed by atoms with van der Waals surface area (Å²) in [5.41, 5.74) is 5.35. The van der Waals surface area contributed by atoms with Gasteiger partial charge in [-0.15, -0.1) is 0 Å². The first kappa shape index (κ1) is 20.3. The van der Waals surface area contributed by atoms with E-state index in [0.717, 1.165) is 48.3 Å². The third-order valence-electron chi connectivity index (χ3n) is 4.89. The zero-order valence-electron chi connectivity index (χ0n) is 16.3. The van der Waals surface area contributed by atoms with E-state index in [1.165, 1.54) is 0 Å². The smallest absolute Gasteiger partial charge is 0.311 e. The molecule has 1 aromatic heterocycles. The van der Waals surface area contributed by atoms with E-state index in [-0.39, 0.29) is 18.3 Å². The van der Waals surface area contributed by atoms with Crippen molar-refractivity contribution in [3.63, 3.8) is 0 Å². The van der Waals surface area contributed by atoms with Gasteiger partial charge in [0, 0.05) is 27.5 Å². The maximum Gasteiger partial charge on any atom is 0.311 e. The van der Waals surface area contributed by atoms with Gasteiger partial charge in [-0.1, -0.05) is 33.3 Å². The van der Waals surface area contributed by atoms with Gasteiger partial charge in [0.1, 0.15) is 6.54 Å². The Kier molecular flexibility index (Phi) is 5.44. The highest BCUT2D eigenvalue weighted by Gasteiger charge is 2.18. The normalized spacial score (nSPS) is 13.6. The molecule has 0 bridgehead atoms. The largest absolute Gasteiger partial charge is 0.493 e. The summed E-state index contributed by atoms with van der Waals surface area (Å²) in [4.78, 5) is 29.1. The first-order valence-electron chi connectivity index (χ1n) is 9.17. The number of aliphatic imine (C=N–C) groups is 1. The van der Waals surface area contributed by atoms with Crippen LogP contribution in [-0.2, 0) is 11.3 Å². The minimum absolute atomic E-state index is 0.232. The number of fused-ring (bicyclic) bond motifs is 1. The molecular weight excluding hydrogens is 466 g/mol. The lowest BCUT2D eigenvalue weighted by Gasteiger charge is -2.08. The second kappa shape index (κ2) is 8.04. The fourth-order valence-electron chi connectivity index (χ4n) is 3.13. The molecule has 152 valence electrons. The molecule has 2 N–H and O–H groups in total. The van der Waals surface area contributed by atoms with Crippen LogP contribution in [0, 0.1) is 13.8 Å². The molecule has 3 aromatic rings. The number of amides is 1. The molecule has 6 nitrogen and oxygen atoms in total. The molecule has 0 spiro atoms. The lowest BCUT2D eigenvalue weighted by atomic mass is 10.1. The highest BCUT2D eigenvalue weighted by Crippen LogP contribution is 2.36. The van der Waals surface area contributed by atoms with Gasteiger partial charge in [-0.05, 0) is 61.4 Å². The molecule has 2 heterocycles. The molecule has 0 aliphatic carbocycles.